The van der Waals surface area contributed by atoms with Gasteiger partial charge in [-0.1, -0.05) is 0 Å². The van der Waals surface area contributed by atoms with E-state index in [0.29, 0.717) is 0 Å². The molecule has 0 aromatic heterocycles. The number of aliphatic imine (C=N–C) groups is 1. The summed E-state index contributed by atoms with van der Waals surface area (Å²) in [7, 11) is 1.80. The molecule has 7 heavy (non-hydrogen) atoms. The molecule has 0 aromatic carbocycles. The van der Waals surface area contributed by atoms with Crippen LogP contribution >= 0.6 is 15.9 Å². The highest BCUT2D eigenvalue weighted by Crippen LogP contribution is 2.00. The van der Waals surface area contributed by atoms with E-state index in [9.17, 15) is 0 Å². The van der Waals surface area contributed by atoms with Crippen LogP contribution in [0.4, 0.5) is 0 Å². The van der Waals surface area contributed by atoms with Crippen molar-refractivity contribution in [1.82, 2.24) is 5.32 Å². The van der Waals surface area contributed by atoms with Gasteiger partial charge < -0.3 is 5.32 Å². The lowest BCUT2D eigenvalue weighted by Crippen LogP contribution is -1.91. The number of halogens is 1. The summed E-state index contributed by atoms with van der Waals surface area (Å²) in [5.41, 5.74) is 0. The molecule has 0 rings (SSSR count). The Hall–Kier alpha value is -0.310. The molecule has 0 unspecified atom stereocenters. The number of hydrogen-bond acceptors (Lipinski definition) is 2. The van der Waals surface area contributed by atoms with Crippen LogP contribution in [0.1, 0.15) is 0 Å². The van der Waals surface area contributed by atoms with E-state index in [1.807, 2.05) is 0 Å². The number of nitrogens with zero attached hydrogens (tertiary/aromatic N) is 1. The van der Waals surface area contributed by atoms with E-state index >= 15 is 0 Å². The molecule has 3 heteroatoms. The molecule has 0 aliphatic heterocycles. The lowest BCUT2D eigenvalue weighted by atomic mass is 10.9. The average molecular weight is 163 g/mol. The zero-order valence-corrected chi connectivity index (χ0v) is 5.70. The molecule has 0 aliphatic rings. The Morgan fingerprint density at radius 3 is 2.71 bits per heavy atom. The fourth-order valence-electron chi connectivity index (χ4n) is 0.165. The zero-order chi connectivity index (χ0) is 5.70. The van der Waals surface area contributed by atoms with Gasteiger partial charge in [0.1, 0.15) is 4.61 Å². The van der Waals surface area contributed by atoms with Gasteiger partial charge in [-0.3, -0.25) is 4.99 Å². The molecule has 0 radical (unpaired) electrons. The van der Waals surface area contributed by atoms with Crippen molar-refractivity contribution in [2.24, 2.45) is 4.99 Å². The van der Waals surface area contributed by atoms with Crippen LogP contribution in [0.5, 0.6) is 0 Å². The molecule has 0 aliphatic carbocycles. The molecule has 0 saturated carbocycles. The van der Waals surface area contributed by atoms with Gasteiger partial charge in [0.25, 0.3) is 0 Å². The van der Waals surface area contributed by atoms with E-state index in [1.165, 1.54) is 0 Å². The fourth-order valence-corrected chi connectivity index (χ4v) is 0.394. The van der Waals surface area contributed by atoms with Crippen LogP contribution in [0.15, 0.2) is 15.8 Å². The highest BCUT2D eigenvalue weighted by atomic mass is 79.9. The molecule has 0 amide bonds. The number of nitrogens with one attached hydrogen (secondary N) is 1. The van der Waals surface area contributed by atoms with Crippen LogP contribution in [0, 0.1) is 0 Å². The summed E-state index contributed by atoms with van der Waals surface area (Å²) >= 11 is 3.11. The van der Waals surface area contributed by atoms with Gasteiger partial charge in [0.05, 0.1) is 0 Å². The first-order chi connectivity index (χ1) is 3.31. The average Bonchev–Trinajstić information content (AvgIpc) is 1.68. The molecule has 2 nitrogen and oxygen atoms in total. The van der Waals surface area contributed by atoms with Crippen LogP contribution in [0.25, 0.3) is 0 Å². The minimum Gasteiger partial charge on any atom is -0.392 e. The number of hydrogen-bond donors (Lipinski definition) is 1. The molecular weight excluding hydrogens is 156 g/mol. The predicted octanol–water partition coefficient (Wildman–Crippen LogP) is 1.10. The first kappa shape index (κ1) is 6.69. The van der Waals surface area contributed by atoms with Crippen molar-refractivity contribution in [3.63, 3.8) is 0 Å². The maximum Gasteiger partial charge on any atom is 0.120 e. The first-order valence-corrected chi connectivity index (χ1v) is 2.60. The van der Waals surface area contributed by atoms with E-state index in [-0.39, 0.29) is 0 Å². The quantitative estimate of drug-likeness (QED) is 0.478. The highest BCUT2D eigenvalue weighted by molar-refractivity contribution is 9.11. The minimum absolute atomic E-state index is 0.718. The smallest absolute Gasteiger partial charge is 0.120 e. The van der Waals surface area contributed by atoms with Gasteiger partial charge >= 0.3 is 0 Å². The molecule has 1 N–H and O–H groups in total. The minimum atomic E-state index is 0.718. The van der Waals surface area contributed by atoms with Crippen LogP contribution in [-0.4, -0.2) is 13.8 Å². The van der Waals surface area contributed by atoms with Gasteiger partial charge in [0.15, 0.2) is 0 Å². The van der Waals surface area contributed by atoms with Gasteiger partial charge in [-0.2, -0.15) is 0 Å². The Bertz CT molecular complexity index is 87.7. The Labute approximate surface area is 51.5 Å². The van der Waals surface area contributed by atoms with Gasteiger partial charge in [-0.05, 0) is 22.6 Å². The van der Waals surface area contributed by atoms with Crippen molar-refractivity contribution in [2.45, 2.75) is 0 Å². The van der Waals surface area contributed by atoms with Crippen molar-refractivity contribution >= 4 is 22.6 Å². The van der Waals surface area contributed by atoms with Gasteiger partial charge in [-0.25, -0.2) is 0 Å². The first-order valence-electron chi connectivity index (χ1n) is 1.81. The van der Waals surface area contributed by atoms with Crippen molar-refractivity contribution in [2.75, 3.05) is 7.05 Å². The second-order valence-electron chi connectivity index (χ2n) is 0.914. The summed E-state index contributed by atoms with van der Waals surface area (Å²) in [6.45, 7) is 3.27. The normalized spacial score (nSPS) is 10.9. The van der Waals surface area contributed by atoms with Crippen molar-refractivity contribution in [3.05, 3.63) is 10.8 Å². The fraction of sp³-hybridized carbons (Fsp3) is 0.250. The molecule has 0 atom stereocenters. The summed E-state index contributed by atoms with van der Waals surface area (Å²) < 4.78 is 0.718. The van der Waals surface area contributed by atoms with E-state index in [1.54, 1.807) is 13.2 Å². The van der Waals surface area contributed by atoms with Crippen LogP contribution in [0.2, 0.25) is 0 Å². The Morgan fingerprint density at radius 1 is 2.00 bits per heavy atom. The van der Waals surface area contributed by atoms with Crippen LogP contribution < -0.4 is 5.32 Å². The second-order valence-corrected chi connectivity index (χ2v) is 1.73. The lowest BCUT2D eigenvalue weighted by Gasteiger charge is -1.84. The van der Waals surface area contributed by atoms with Gasteiger partial charge in [-0.15, -0.1) is 0 Å². The Morgan fingerprint density at radius 2 is 2.57 bits per heavy atom. The van der Waals surface area contributed by atoms with Crippen molar-refractivity contribution < 1.29 is 0 Å². The van der Waals surface area contributed by atoms with E-state index in [2.05, 4.69) is 33.0 Å². The zero-order valence-electron chi connectivity index (χ0n) is 4.11. The monoisotopic (exact) mass is 162 g/mol. The van der Waals surface area contributed by atoms with Crippen LogP contribution in [-0.2, 0) is 0 Å². The third kappa shape index (κ3) is 3.52. The standard InChI is InChI=1S/C4H7BrN2/c1-6-3-4(5)7-2/h3,6H,2H2,1H3/b4-3-. The highest BCUT2D eigenvalue weighted by Gasteiger charge is 1.74. The van der Waals surface area contributed by atoms with E-state index < -0.39 is 0 Å². The van der Waals surface area contributed by atoms with Crippen LogP contribution in [0.3, 0.4) is 0 Å². The summed E-state index contributed by atoms with van der Waals surface area (Å²) in [6, 6.07) is 0. The molecule has 0 spiro atoms. The van der Waals surface area contributed by atoms with Gasteiger partial charge in [0.2, 0.25) is 0 Å². The molecule has 0 fully saturated rings. The third-order valence-corrected chi connectivity index (χ3v) is 0.894. The van der Waals surface area contributed by atoms with Crippen molar-refractivity contribution in [3.8, 4) is 0 Å². The maximum atomic E-state index is 3.54. The topological polar surface area (TPSA) is 24.4 Å². The lowest BCUT2D eigenvalue weighted by molar-refractivity contribution is 1.09. The molecule has 0 bridgehead atoms. The summed E-state index contributed by atoms with van der Waals surface area (Å²) in [5, 5.41) is 2.78. The largest absolute Gasteiger partial charge is 0.392 e. The third-order valence-electron chi connectivity index (χ3n) is 0.414. The second kappa shape index (κ2) is 3.87. The summed E-state index contributed by atoms with van der Waals surface area (Å²) in [6.07, 6.45) is 1.70. The predicted molar refractivity (Wildman–Crippen MR) is 35.6 cm³/mol. The molecule has 0 aromatic rings. The molecule has 40 valence electrons. The maximum absolute atomic E-state index is 3.54. The van der Waals surface area contributed by atoms with E-state index in [0.717, 1.165) is 4.61 Å². The summed E-state index contributed by atoms with van der Waals surface area (Å²) in [5.74, 6) is 0. The van der Waals surface area contributed by atoms with Crippen molar-refractivity contribution in [1.29, 1.82) is 0 Å². The summed E-state index contributed by atoms with van der Waals surface area (Å²) in [4.78, 5) is 3.54. The molecule has 0 heterocycles. The van der Waals surface area contributed by atoms with Gasteiger partial charge in [0, 0.05) is 13.2 Å². The Kier molecular flexibility index (Phi) is 3.69. The SMILES string of the molecule is C=N/C(Br)=C\NC. The molecule has 0 saturated heterocycles. The number of rotatable bonds is 2. The van der Waals surface area contributed by atoms with E-state index in [4.69, 9.17) is 0 Å². The molecular formula is C4H7BrN2. The Balaban J connectivity index is 3.49.